The van der Waals surface area contributed by atoms with E-state index in [-0.39, 0.29) is 0 Å². The number of nitrogen functional groups attached to an aromatic ring is 1. The molecule has 0 aliphatic carbocycles. The van der Waals surface area contributed by atoms with Crippen LogP contribution in [0.2, 0.25) is 0 Å². The van der Waals surface area contributed by atoms with Crippen molar-refractivity contribution in [3.05, 3.63) is 51.8 Å². The number of anilines is 1. The van der Waals surface area contributed by atoms with Gasteiger partial charge < -0.3 is 19.9 Å². The maximum absolute atomic E-state index is 9.41. The molecule has 0 saturated heterocycles. The summed E-state index contributed by atoms with van der Waals surface area (Å²) in [5.74, 6) is 0.339. The van der Waals surface area contributed by atoms with Crippen LogP contribution in [0.5, 0.6) is 0 Å². The highest BCUT2D eigenvalue weighted by Crippen LogP contribution is 2.17. The number of rotatable bonds is 3. The number of nitriles is 1. The van der Waals surface area contributed by atoms with Crippen molar-refractivity contribution in [1.82, 2.24) is 14.1 Å². The number of H-pyrrole nitrogens is 1. The van der Waals surface area contributed by atoms with Crippen LogP contribution in [0, 0.1) is 16.1 Å². The number of benzene rings is 1. The number of aromatic nitrogens is 3. The van der Waals surface area contributed by atoms with Crippen LogP contribution in [0.3, 0.4) is 0 Å². The number of aromatic amines is 1. The third-order valence-corrected chi connectivity index (χ3v) is 4.71. The predicted molar refractivity (Wildman–Crippen MR) is 96.8 cm³/mol. The van der Waals surface area contributed by atoms with Gasteiger partial charge in [-0.2, -0.15) is 5.26 Å². The average Bonchev–Trinajstić information content (AvgIpc) is 3.01. The van der Waals surface area contributed by atoms with Gasteiger partial charge >= 0.3 is 0 Å². The summed E-state index contributed by atoms with van der Waals surface area (Å²) in [7, 11) is 3.54. The highest BCUT2D eigenvalue weighted by Gasteiger charge is 2.09. The monoisotopic (exact) mass is 338 g/mol. The van der Waals surface area contributed by atoms with Crippen LogP contribution in [-0.2, 0) is 20.5 Å². The van der Waals surface area contributed by atoms with Gasteiger partial charge in [0, 0.05) is 37.7 Å². The fraction of sp³-hybridized carbons (Fsp3) is 0.235. The average molecular weight is 338 g/mol. The Morgan fingerprint density at radius 2 is 2.04 bits per heavy atom. The Hall–Kier alpha value is -2.85. The second-order valence-corrected chi connectivity index (χ2v) is 5.95. The quantitative estimate of drug-likeness (QED) is 0.718. The third kappa shape index (κ3) is 2.61. The topological polar surface area (TPSA) is 87.8 Å². The van der Waals surface area contributed by atoms with E-state index >= 15 is 0 Å². The maximum Gasteiger partial charge on any atom is 0.182 e. The lowest BCUT2D eigenvalue weighted by Gasteiger charge is -2.11. The molecule has 3 aromatic rings. The van der Waals surface area contributed by atoms with E-state index < -0.39 is 0 Å². The molecule has 3 N–H and O–H groups in total. The summed E-state index contributed by atoms with van der Waals surface area (Å²) in [4.78, 5) is 7.84. The Balaban J connectivity index is 1.99. The van der Waals surface area contributed by atoms with E-state index in [1.165, 1.54) is 10.9 Å². The Bertz CT molecular complexity index is 1080. The molecule has 2 heterocycles. The summed E-state index contributed by atoms with van der Waals surface area (Å²) >= 11 is 5.34. The van der Waals surface area contributed by atoms with Crippen molar-refractivity contribution in [3.8, 4) is 6.07 Å². The lowest BCUT2D eigenvalue weighted by molar-refractivity contribution is 0.697. The largest absolute Gasteiger partial charge is 0.384 e. The van der Waals surface area contributed by atoms with Gasteiger partial charge in [0.05, 0.1) is 0 Å². The fourth-order valence-corrected chi connectivity index (χ4v) is 2.97. The summed E-state index contributed by atoms with van der Waals surface area (Å²) in [6, 6.07) is 10.3. The number of hydrogen-bond acceptors (Lipinski definition) is 4. The Kier molecular flexibility index (Phi) is 4.23. The Morgan fingerprint density at radius 3 is 2.79 bits per heavy atom. The molecule has 3 rings (SSSR count). The molecule has 0 bridgehead atoms. The van der Waals surface area contributed by atoms with Gasteiger partial charge in [-0.3, -0.25) is 4.99 Å². The van der Waals surface area contributed by atoms with Gasteiger partial charge in [-0.05, 0) is 30.3 Å². The first-order valence-electron chi connectivity index (χ1n) is 7.55. The molecule has 6 nitrogen and oxygen atoms in total. The van der Waals surface area contributed by atoms with Crippen LogP contribution in [0.25, 0.3) is 10.9 Å². The van der Waals surface area contributed by atoms with Gasteiger partial charge in [-0.15, -0.1) is 0 Å². The van der Waals surface area contributed by atoms with Gasteiger partial charge in [0.15, 0.2) is 10.3 Å². The number of nitrogens with two attached hydrogens (primary N) is 1. The number of nitrogens with zero attached hydrogens (tertiary/aromatic N) is 4. The maximum atomic E-state index is 9.41. The molecule has 0 amide bonds. The number of hydrogen-bond donors (Lipinski definition) is 2. The summed E-state index contributed by atoms with van der Waals surface area (Å²) < 4.78 is 3.86. The smallest absolute Gasteiger partial charge is 0.182 e. The van der Waals surface area contributed by atoms with Crippen molar-refractivity contribution in [2.75, 3.05) is 12.3 Å². The third-order valence-electron chi connectivity index (χ3n) is 4.16. The Morgan fingerprint density at radius 1 is 1.29 bits per heavy atom. The fourth-order valence-electron chi connectivity index (χ4n) is 2.78. The Labute approximate surface area is 144 Å². The van der Waals surface area contributed by atoms with Gasteiger partial charge in [0.1, 0.15) is 17.5 Å². The zero-order valence-electron chi connectivity index (χ0n) is 13.6. The molecular weight excluding hydrogens is 320 g/mol. The molecule has 0 fully saturated rings. The minimum Gasteiger partial charge on any atom is -0.384 e. The zero-order valence-corrected chi connectivity index (χ0v) is 14.4. The molecule has 0 saturated carbocycles. The van der Waals surface area contributed by atoms with Crippen LogP contribution in [-0.4, -0.2) is 20.7 Å². The molecule has 0 unspecified atom stereocenters. The van der Waals surface area contributed by atoms with E-state index in [1.54, 1.807) is 23.2 Å². The molecule has 0 aliphatic heterocycles. The molecule has 0 atom stereocenters. The van der Waals surface area contributed by atoms with E-state index in [1.807, 2.05) is 24.4 Å². The van der Waals surface area contributed by atoms with Crippen molar-refractivity contribution < 1.29 is 0 Å². The van der Waals surface area contributed by atoms with Crippen molar-refractivity contribution in [2.45, 2.75) is 6.42 Å². The molecule has 7 heteroatoms. The summed E-state index contributed by atoms with van der Waals surface area (Å²) in [6.45, 7) is 0.548. The molecule has 2 aromatic heterocycles. The first kappa shape index (κ1) is 16.0. The normalized spacial score (nSPS) is 11.8. The first-order chi connectivity index (χ1) is 11.5. The predicted octanol–water partition coefficient (Wildman–Crippen LogP) is 2.17. The van der Waals surface area contributed by atoms with Crippen molar-refractivity contribution >= 4 is 28.9 Å². The standard InChI is InChI=1S/C17H18N6S/c1-22-15(19)13(9-18)16(23(2)17(22)24)20-8-7-11-10-21-14-6-4-3-5-12(11)14/h3-6,10,21H,7-8,19H2,1-2H3. The summed E-state index contributed by atoms with van der Waals surface area (Å²) in [5, 5.41) is 10.6. The summed E-state index contributed by atoms with van der Waals surface area (Å²) in [6.07, 6.45) is 2.77. The van der Waals surface area contributed by atoms with E-state index in [0.717, 1.165) is 11.9 Å². The first-order valence-corrected chi connectivity index (χ1v) is 7.96. The number of para-hydroxylation sites is 1. The van der Waals surface area contributed by atoms with Gasteiger partial charge in [0.2, 0.25) is 0 Å². The summed E-state index contributed by atoms with van der Waals surface area (Å²) in [5.41, 5.74) is 9.19. The van der Waals surface area contributed by atoms with E-state index in [9.17, 15) is 5.26 Å². The van der Waals surface area contributed by atoms with E-state index in [0.29, 0.717) is 28.2 Å². The van der Waals surface area contributed by atoms with Crippen molar-refractivity contribution in [3.63, 3.8) is 0 Å². The molecule has 0 radical (unpaired) electrons. The van der Waals surface area contributed by atoms with Crippen LogP contribution >= 0.6 is 12.2 Å². The van der Waals surface area contributed by atoms with Crippen molar-refractivity contribution in [2.24, 2.45) is 19.1 Å². The zero-order chi connectivity index (χ0) is 17.3. The van der Waals surface area contributed by atoms with Crippen molar-refractivity contribution in [1.29, 1.82) is 5.26 Å². The molecule has 24 heavy (non-hydrogen) atoms. The molecule has 122 valence electrons. The van der Waals surface area contributed by atoms with Gasteiger partial charge in [-0.25, -0.2) is 0 Å². The van der Waals surface area contributed by atoms with Crippen LogP contribution < -0.4 is 11.2 Å². The highest BCUT2D eigenvalue weighted by atomic mass is 32.1. The van der Waals surface area contributed by atoms with Crippen LogP contribution in [0.15, 0.2) is 35.5 Å². The van der Waals surface area contributed by atoms with Gasteiger partial charge in [-0.1, -0.05) is 18.2 Å². The highest BCUT2D eigenvalue weighted by molar-refractivity contribution is 7.71. The number of nitrogens with one attached hydrogen (secondary N) is 1. The SMILES string of the molecule is Cn1c(N)c(C#N)c(=NCCc2c[nH]c3ccccc23)n(C)c1=S. The minimum atomic E-state index is 0.339. The van der Waals surface area contributed by atoms with Gasteiger partial charge in [0.25, 0.3) is 0 Å². The molecule has 0 aliphatic rings. The molecule has 1 aromatic carbocycles. The van der Waals surface area contributed by atoms with E-state index in [2.05, 4.69) is 22.1 Å². The minimum absolute atomic E-state index is 0.339. The second-order valence-electron chi connectivity index (χ2n) is 5.59. The molecular formula is C17H18N6S. The molecule has 0 spiro atoms. The lowest BCUT2D eigenvalue weighted by atomic mass is 10.1. The van der Waals surface area contributed by atoms with Crippen LogP contribution in [0.1, 0.15) is 11.1 Å². The van der Waals surface area contributed by atoms with E-state index in [4.69, 9.17) is 18.0 Å². The van der Waals surface area contributed by atoms with Crippen LogP contribution in [0.4, 0.5) is 5.82 Å². The second kappa shape index (κ2) is 6.34. The number of fused-ring (bicyclic) bond motifs is 1. The lowest BCUT2D eigenvalue weighted by Crippen LogP contribution is -2.28.